The Morgan fingerprint density at radius 2 is 2.00 bits per heavy atom. The molecule has 0 saturated carbocycles. The molecule has 0 aliphatic carbocycles. The van der Waals surface area contributed by atoms with Crippen molar-refractivity contribution in [3.63, 3.8) is 0 Å². The molecular formula is C17H11ClFN7O3. The first-order valence-electron chi connectivity index (χ1n) is 8.19. The molecule has 146 valence electrons. The smallest absolute Gasteiger partial charge is 0.271 e. The highest BCUT2D eigenvalue weighted by molar-refractivity contribution is 6.32. The van der Waals surface area contributed by atoms with Crippen LogP contribution in [0.2, 0.25) is 5.02 Å². The van der Waals surface area contributed by atoms with Crippen molar-refractivity contribution in [2.75, 3.05) is 5.32 Å². The van der Waals surface area contributed by atoms with Crippen molar-refractivity contribution in [1.29, 1.82) is 0 Å². The molecule has 0 amide bonds. The topological polar surface area (TPSA) is 120 Å². The zero-order valence-electron chi connectivity index (χ0n) is 14.5. The summed E-state index contributed by atoms with van der Waals surface area (Å²) in [6, 6.07) is 11.5. The molecule has 4 rings (SSSR count). The number of hydrogen-bond acceptors (Lipinski definition) is 8. The predicted octanol–water partition coefficient (Wildman–Crippen LogP) is 3.62. The van der Waals surface area contributed by atoms with E-state index in [1.54, 1.807) is 18.2 Å². The maximum Gasteiger partial charge on any atom is 0.271 e. The third-order valence-electron chi connectivity index (χ3n) is 3.89. The van der Waals surface area contributed by atoms with Gasteiger partial charge in [-0.2, -0.15) is 0 Å². The molecule has 0 spiro atoms. The quantitative estimate of drug-likeness (QED) is 0.374. The molecule has 4 aromatic rings. The minimum atomic E-state index is -0.609. The van der Waals surface area contributed by atoms with E-state index in [9.17, 15) is 14.5 Å². The number of tetrazole rings is 1. The van der Waals surface area contributed by atoms with Crippen LogP contribution in [-0.2, 0) is 6.54 Å². The van der Waals surface area contributed by atoms with Crippen molar-refractivity contribution in [1.82, 2.24) is 25.3 Å². The number of fused-ring (bicyclic) bond motifs is 1. The molecule has 2 heterocycles. The summed E-state index contributed by atoms with van der Waals surface area (Å²) in [4.78, 5) is 10.2. The lowest BCUT2D eigenvalue weighted by atomic mass is 10.2. The second-order valence-corrected chi connectivity index (χ2v) is 6.24. The Morgan fingerprint density at radius 1 is 1.17 bits per heavy atom. The summed E-state index contributed by atoms with van der Waals surface area (Å²) in [6.07, 6.45) is 0. The summed E-state index contributed by atoms with van der Waals surface area (Å²) < 4.78 is 21.1. The fraction of sp³-hybridized carbons (Fsp3) is 0.0588. The third kappa shape index (κ3) is 4.04. The molecule has 0 bridgehead atoms. The Labute approximate surface area is 167 Å². The molecular weight excluding hydrogens is 405 g/mol. The van der Waals surface area contributed by atoms with E-state index in [4.69, 9.17) is 16.3 Å². The molecule has 1 N–H and O–H groups in total. The van der Waals surface area contributed by atoms with Crippen LogP contribution < -0.4 is 10.1 Å². The first-order valence-corrected chi connectivity index (χ1v) is 8.57. The molecule has 2 aromatic heterocycles. The Hall–Kier alpha value is -3.86. The van der Waals surface area contributed by atoms with Gasteiger partial charge in [0.15, 0.2) is 17.2 Å². The Balaban J connectivity index is 1.45. The number of aromatic nitrogens is 5. The highest BCUT2D eigenvalue weighted by atomic mass is 35.5. The molecule has 0 aliphatic heterocycles. The van der Waals surface area contributed by atoms with Crippen LogP contribution in [0.1, 0.15) is 5.56 Å². The van der Waals surface area contributed by atoms with Gasteiger partial charge in [-0.25, -0.2) is 4.39 Å². The van der Waals surface area contributed by atoms with Gasteiger partial charge in [0.2, 0.25) is 0 Å². The summed E-state index contributed by atoms with van der Waals surface area (Å²) in [5.41, 5.74) is 0.967. The normalized spacial score (nSPS) is 10.8. The molecule has 0 saturated heterocycles. The van der Waals surface area contributed by atoms with Crippen molar-refractivity contribution in [3.8, 4) is 11.5 Å². The molecule has 0 radical (unpaired) electrons. The Morgan fingerprint density at radius 3 is 2.76 bits per heavy atom. The lowest BCUT2D eigenvalue weighted by Crippen LogP contribution is -2.05. The van der Waals surface area contributed by atoms with Crippen molar-refractivity contribution in [3.05, 3.63) is 75.0 Å². The lowest BCUT2D eigenvalue weighted by Gasteiger charge is -2.10. The molecule has 0 fully saturated rings. The minimum Gasteiger partial charge on any atom is -0.453 e. The van der Waals surface area contributed by atoms with E-state index in [0.717, 1.165) is 6.07 Å². The maximum atomic E-state index is 14.4. The van der Waals surface area contributed by atoms with Gasteiger partial charge in [0.05, 0.1) is 9.95 Å². The van der Waals surface area contributed by atoms with Crippen LogP contribution in [0.15, 0.2) is 48.5 Å². The number of nitrogens with one attached hydrogen (secondary N) is 1. The summed E-state index contributed by atoms with van der Waals surface area (Å²) in [5, 5.41) is 28.9. The van der Waals surface area contributed by atoms with Crippen LogP contribution in [0.4, 0.5) is 15.9 Å². The number of hydrogen-bond donors (Lipinski definition) is 1. The molecule has 29 heavy (non-hydrogen) atoms. The monoisotopic (exact) mass is 415 g/mol. The highest BCUT2D eigenvalue weighted by Gasteiger charge is 2.13. The number of rotatable bonds is 6. The van der Waals surface area contributed by atoms with Crippen molar-refractivity contribution >= 4 is 28.8 Å². The van der Waals surface area contributed by atoms with E-state index in [2.05, 4.69) is 25.9 Å². The van der Waals surface area contributed by atoms with Gasteiger partial charge in [0.1, 0.15) is 11.6 Å². The van der Waals surface area contributed by atoms with Crippen LogP contribution in [0.5, 0.6) is 11.5 Å². The molecule has 12 heteroatoms. The first kappa shape index (κ1) is 18.5. The van der Waals surface area contributed by atoms with Gasteiger partial charge >= 0.3 is 0 Å². The number of nitrogens with zero attached hydrogens (tertiary/aromatic N) is 6. The van der Waals surface area contributed by atoms with Gasteiger partial charge in [-0.15, -0.1) is 14.8 Å². The second kappa shape index (κ2) is 7.64. The van der Waals surface area contributed by atoms with Gasteiger partial charge in [-0.3, -0.25) is 10.1 Å². The summed E-state index contributed by atoms with van der Waals surface area (Å²) in [5.74, 6) is -0.0375. The van der Waals surface area contributed by atoms with Crippen LogP contribution in [0.3, 0.4) is 0 Å². The summed E-state index contributed by atoms with van der Waals surface area (Å²) >= 11 is 5.97. The first-order chi connectivity index (χ1) is 14.0. The van der Waals surface area contributed by atoms with Crippen molar-refractivity contribution in [2.24, 2.45) is 0 Å². The Bertz CT molecular complexity index is 1220. The largest absolute Gasteiger partial charge is 0.453 e. The number of ether oxygens (including phenoxy) is 1. The average molecular weight is 416 g/mol. The van der Waals surface area contributed by atoms with Crippen LogP contribution in [0.25, 0.3) is 5.65 Å². The number of halogens is 2. The van der Waals surface area contributed by atoms with E-state index in [0.29, 0.717) is 23.6 Å². The SMILES string of the molecule is O=[N+]([O-])c1ccc(Oc2ccc(CNc3ccc4nnnn4n3)cc2F)c(Cl)c1. The number of nitro groups is 1. The van der Waals surface area contributed by atoms with E-state index in [1.165, 1.54) is 28.9 Å². The minimum absolute atomic E-state index is 0.00779. The molecule has 10 nitrogen and oxygen atoms in total. The van der Waals surface area contributed by atoms with E-state index >= 15 is 0 Å². The van der Waals surface area contributed by atoms with Crippen LogP contribution >= 0.6 is 11.6 Å². The number of anilines is 1. The van der Waals surface area contributed by atoms with Gasteiger partial charge in [-0.05, 0) is 46.3 Å². The van der Waals surface area contributed by atoms with Gasteiger partial charge in [-0.1, -0.05) is 17.7 Å². The fourth-order valence-electron chi connectivity index (χ4n) is 2.48. The summed E-state index contributed by atoms with van der Waals surface area (Å²) in [7, 11) is 0. The Kier molecular flexibility index (Phi) is 4.87. The zero-order chi connectivity index (χ0) is 20.4. The van der Waals surface area contributed by atoms with Crippen LogP contribution in [0, 0.1) is 15.9 Å². The third-order valence-corrected chi connectivity index (χ3v) is 4.18. The highest BCUT2D eigenvalue weighted by Crippen LogP contribution is 2.33. The van der Waals surface area contributed by atoms with Crippen molar-refractivity contribution in [2.45, 2.75) is 6.54 Å². The zero-order valence-corrected chi connectivity index (χ0v) is 15.2. The second-order valence-electron chi connectivity index (χ2n) is 5.84. The maximum absolute atomic E-state index is 14.4. The standard InChI is InChI=1S/C17H11ClFN7O3/c18-12-8-11(26(27)28)2-4-14(12)29-15-3-1-10(7-13(15)19)9-20-16-5-6-17-21-23-24-25(17)22-16/h1-8H,9H2,(H,20,22). The molecule has 0 atom stereocenters. The van der Waals surface area contributed by atoms with E-state index < -0.39 is 10.7 Å². The van der Waals surface area contributed by atoms with Gasteiger partial charge in [0.25, 0.3) is 5.69 Å². The lowest BCUT2D eigenvalue weighted by molar-refractivity contribution is -0.384. The predicted molar refractivity (Wildman–Crippen MR) is 100 cm³/mol. The number of non-ortho nitro benzene ring substituents is 1. The van der Waals surface area contributed by atoms with Crippen LogP contribution in [-0.4, -0.2) is 30.2 Å². The molecule has 2 aromatic carbocycles. The number of nitro benzene ring substituents is 1. The van der Waals surface area contributed by atoms with E-state index in [-0.39, 0.29) is 22.2 Å². The summed E-state index contributed by atoms with van der Waals surface area (Å²) in [6.45, 7) is 0.302. The molecule has 0 aliphatic rings. The van der Waals surface area contributed by atoms with E-state index in [1.807, 2.05) is 0 Å². The van der Waals surface area contributed by atoms with Gasteiger partial charge in [0, 0.05) is 18.7 Å². The molecule has 0 unspecified atom stereocenters. The van der Waals surface area contributed by atoms with Gasteiger partial charge < -0.3 is 10.1 Å². The average Bonchev–Trinajstić information content (AvgIpc) is 3.17. The number of benzene rings is 2. The fourth-order valence-corrected chi connectivity index (χ4v) is 2.69. The van der Waals surface area contributed by atoms with Crippen molar-refractivity contribution < 1.29 is 14.1 Å².